The number of hydrogen-bond acceptors (Lipinski definition) is 1. The zero-order chi connectivity index (χ0) is 5.21. The van der Waals surface area contributed by atoms with E-state index in [9.17, 15) is 0 Å². The molecule has 0 aliphatic heterocycles. The van der Waals surface area contributed by atoms with Crippen LogP contribution in [0.1, 0.15) is 0 Å². The van der Waals surface area contributed by atoms with Gasteiger partial charge in [0, 0.05) is 0 Å². The summed E-state index contributed by atoms with van der Waals surface area (Å²) in [4.78, 5) is 16.5. The van der Waals surface area contributed by atoms with Gasteiger partial charge in [-0.25, -0.2) is 0 Å². The molecule has 0 saturated heterocycles. The van der Waals surface area contributed by atoms with Crippen molar-refractivity contribution in [1.29, 1.82) is 0 Å². The lowest BCUT2D eigenvalue weighted by molar-refractivity contribution is 0.485. The SMILES string of the molecule is OP(O)(=S)C[PH-]. The predicted octanol–water partition coefficient (Wildman–Crippen LogP) is 0.381. The molecule has 0 saturated carbocycles. The molecule has 0 amide bonds. The van der Waals surface area contributed by atoms with E-state index in [0.29, 0.717) is 0 Å². The van der Waals surface area contributed by atoms with Crippen LogP contribution in [-0.4, -0.2) is 15.7 Å². The Morgan fingerprint density at radius 1 is 1.67 bits per heavy atom. The molecule has 0 aliphatic rings. The van der Waals surface area contributed by atoms with E-state index >= 15 is 0 Å². The largest absolute Gasteiger partial charge is 0.548 e. The average Bonchev–Trinajstić information content (AvgIpc) is 1.35. The molecule has 2 nitrogen and oxygen atoms in total. The first kappa shape index (κ1) is 7.00. The van der Waals surface area contributed by atoms with Crippen molar-refractivity contribution in [2.24, 2.45) is 0 Å². The molecule has 2 N–H and O–H groups in total. The Hall–Kier alpha value is 1.00. The summed E-state index contributed by atoms with van der Waals surface area (Å²) in [5, 5.41) is 0. The second-order valence-electron chi connectivity index (χ2n) is 0.823. The lowest BCUT2D eigenvalue weighted by Gasteiger charge is -2.05. The molecule has 0 aliphatic carbocycles. The summed E-state index contributed by atoms with van der Waals surface area (Å²) in [6.07, 6.45) is 0. The molecule has 38 valence electrons. The van der Waals surface area contributed by atoms with Gasteiger partial charge in [0.05, 0.1) is 0 Å². The Labute approximate surface area is 44.0 Å². The van der Waals surface area contributed by atoms with Gasteiger partial charge >= 0.3 is 0 Å². The van der Waals surface area contributed by atoms with Crippen LogP contribution in [0.4, 0.5) is 0 Å². The molecular weight excluding hydrogens is 138 g/mol. The third-order valence-corrected chi connectivity index (χ3v) is 3.02. The fraction of sp³-hybridized carbons (Fsp3) is 1.00. The van der Waals surface area contributed by atoms with Gasteiger partial charge in [-0.15, -0.1) is 5.90 Å². The Kier molecular flexibility index (Phi) is 2.73. The van der Waals surface area contributed by atoms with Crippen LogP contribution >= 0.6 is 15.7 Å². The Bertz CT molecular complexity index is 75.6. The monoisotopic (exact) mass is 143 g/mol. The molecule has 0 radical (unpaired) electrons. The second kappa shape index (κ2) is 2.34. The summed E-state index contributed by atoms with van der Waals surface area (Å²) in [5.41, 5.74) is 0. The van der Waals surface area contributed by atoms with Crippen LogP contribution in [0.15, 0.2) is 0 Å². The molecule has 0 aromatic carbocycles. The van der Waals surface area contributed by atoms with E-state index in [-0.39, 0.29) is 5.90 Å². The van der Waals surface area contributed by atoms with Gasteiger partial charge in [-0.05, 0) is 11.8 Å². The zero-order valence-corrected chi connectivity index (χ0v) is 5.67. The lowest BCUT2D eigenvalue weighted by Crippen LogP contribution is -1.72. The highest BCUT2D eigenvalue weighted by Crippen LogP contribution is 2.36. The van der Waals surface area contributed by atoms with Gasteiger partial charge in [-0.2, -0.15) is 0 Å². The summed E-state index contributed by atoms with van der Waals surface area (Å²) in [7, 11) is 2.86. The Balaban J connectivity index is 3.48. The van der Waals surface area contributed by atoms with Gasteiger partial charge in [0.15, 0.2) is 6.49 Å². The maximum atomic E-state index is 8.26. The highest BCUT2D eigenvalue weighted by molar-refractivity contribution is 8.10. The Morgan fingerprint density at radius 3 is 1.83 bits per heavy atom. The number of hydrogen-bond donors (Lipinski definition) is 2. The third-order valence-electron chi connectivity index (χ3n) is 0.206. The topological polar surface area (TPSA) is 40.5 Å². The van der Waals surface area contributed by atoms with Gasteiger partial charge < -0.3 is 19.0 Å². The molecule has 6 heavy (non-hydrogen) atoms. The van der Waals surface area contributed by atoms with Crippen molar-refractivity contribution in [3.05, 3.63) is 0 Å². The first-order chi connectivity index (χ1) is 2.56. The van der Waals surface area contributed by atoms with E-state index in [1.165, 1.54) is 0 Å². The molecule has 0 atom stereocenters. The van der Waals surface area contributed by atoms with Gasteiger partial charge in [0.25, 0.3) is 0 Å². The van der Waals surface area contributed by atoms with Crippen LogP contribution in [0, 0.1) is 0 Å². The molecule has 0 spiro atoms. The minimum absolute atomic E-state index is 0.113. The van der Waals surface area contributed by atoms with E-state index in [1.54, 1.807) is 0 Å². The summed E-state index contributed by atoms with van der Waals surface area (Å²) in [5.74, 6) is 0.113. The van der Waals surface area contributed by atoms with Crippen LogP contribution in [0.3, 0.4) is 0 Å². The third kappa shape index (κ3) is 5.00. The standard InChI is InChI=1S/CH5O2P2S/c2-5(3,6)1-4/h4H,1H2,(H2,2,3,6)/q-1. The normalized spacial score (nSPS) is 11.8. The second-order valence-corrected chi connectivity index (χ2v) is 5.17. The molecule has 0 fully saturated rings. The molecule has 0 aromatic heterocycles. The van der Waals surface area contributed by atoms with Crippen molar-refractivity contribution < 1.29 is 9.79 Å². The quantitative estimate of drug-likeness (QED) is 0.521. The van der Waals surface area contributed by atoms with Gasteiger partial charge in [-0.1, -0.05) is 0 Å². The van der Waals surface area contributed by atoms with Crippen molar-refractivity contribution >= 4 is 27.5 Å². The first-order valence-corrected chi connectivity index (χ1v) is 4.85. The van der Waals surface area contributed by atoms with E-state index < -0.39 is 6.49 Å². The fourth-order valence-corrected chi connectivity index (χ4v) is 0. The van der Waals surface area contributed by atoms with Crippen LogP contribution < -0.4 is 0 Å². The van der Waals surface area contributed by atoms with Crippen LogP contribution in [-0.2, 0) is 11.8 Å². The van der Waals surface area contributed by atoms with E-state index in [4.69, 9.17) is 9.79 Å². The van der Waals surface area contributed by atoms with Crippen LogP contribution in [0.2, 0.25) is 0 Å². The smallest absolute Gasteiger partial charge is 0.155 e. The molecule has 0 bridgehead atoms. The summed E-state index contributed by atoms with van der Waals surface area (Å²) in [6, 6.07) is 0. The van der Waals surface area contributed by atoms with Crippen molar-refractivity contribution in [1.82, 2.24) is 0 Å². The predicted molar refractivity (Wildman–Crippen MR) is 31.9 cm³/mol. The Morgan fingerprint density at radius 2 is 1.83 bits per heavy atom. The summed E-state index contributed by atoms with van der Waals surface area (Å²) < 4.78 is 0. The number of rotatable bonds is 1. The van der Waals surface area contributed by atoms with E-state index in [1.807, 2.05) is 0 Å². The maximum absolute atomic E-state index is 8.26. The van der Waals surface area contributed by atoms with Crippen molar-refractivity contribution in [2.45, 2.75) is 0 Å². The van der Waals surface area contributed by atoms with Gasteiger partial charge in [-0.3, -0.25) is 0 Å². The van der Waals surface area contributed by atoms with E-state index in [2.05, 4.69) is 21.0 Å². The zero-order valence-electron chi connectivity index (χ0n) is 2.96. The summed E-state index contributed by atoms with van der Waals surface area (Å²) >= 11 is 4.16. The lowest BCUT2D eigenvalue weighted by atomic mass is 11.9. The molecule has 0 rings (SSSR count). The average molecular weight is 143 g/mol. The van der Waals surface area contributed by atoms with Crippen molar-refractivity contribution in [2.75, 3.05) is 5.90 Å². The molecule has 0 heterocycles. The fourth-order valence-electron chi connectivity index (χ4n) is 0. The van der Waals surface area contributed by atoms with Crippen molar-refractivity contribution in [3.63, 3.8) is 0 Å². The molecular formula is CH5O2P2S-. The molecule has 0 aromatic rings. The minimum Gasteiger partial charge on any atom is -0.548 e. The van der Waals surface area contributed by atoms with E-state index in [0.717, 1.165) is 0 Å². The van der Waals surface area contributed by atoms with Crippen molar-refractivity contribution in [3.8, 4) is 0 Å². The van der Waals surface area contributed by atoms with Crippen LogP contribution in [0.25, 0.3) is 0 Å². The maximum Gasteiger partial charge on any atom is 0.155 e. The highest BCUT2D eigenvalue weighted by atomic mass is 32.5. The van der Waals surface area contributed by atoms with Crippen LogP contribution in [0.5, 0.6) is 0 Å². The first-order valence-electron chi connectivity index (χ1n) is 1.25. The van der Waals surface area contributed by atoms with Gasteiger partial charge in [0.2, 0.25) is 0 Å². The minimum atomic E-state index is -2.90. The summed E-state index contributed by atoms with van der Waals surface area (Å²) in [6.45, 7) is -2.90. The van der Waals surface area contributed by atoms with Gasteiger partial charge in [0.1, 0.15) is 0 Å². The molecule has 5 heteroatoms. The highest BCUT2D eigenvalue weighted by Gasteiger charge is 1.92. The molecule has 0 unspecified atom stereocenters.